The number of hydrogen-bond acceptors (Lipinski definition) is 6. The molecule has 0 spiro atoms. The van der Waals surface area contributed by atoms with Crippen LogP contribution < -0.4 is 0 Å². The molecule has 0 saturated heterocycles. The Bertz CT molecular complexity index is 949. The van der Waals surface area contributed by atoms with Crippen LogP contribution in [-0.4, -0.2) is 15.1 Å². The Morgan fingerprint density at radius 2 is 2.00 bits per heavy atom. The van der Waals surface area contributed by atoms with Crippen molar-refractivity contribution in [2.75, 3.05) is 0 Å². The predicted molar refractivity (Wildman–Crippen MR) is 93.9 cm³/mol. The highest BCUT2D eigenvalue weighted by molar-refractivity contribution is 7.98. The Morgan fingerprint density at radius 3 is 2.87 bits per heavy atom. The van der Waals surface area contributed by atoms with Gasteiger partial charge in [0.25, 0.3) is 0 Å². The summed E-state index contributed by atoms with van der Waals surface area (Å²) in [5.74, 6) is 1.48. The first-order chi connectivity index (χ1) is 11.3. The minimum Gasteiger partial charge on any atom is -0.360 e. The summed E-state index contributed by atoms with van der Waals surface area (Å²) in [5, 5.41) is 7.82. The van der Waals surface area contributed by atoms with Crippen molar-refractivity contribution in [3.63, 3.8) is 0 Å². The number of thiophene rings is 1. The van der Waals surface area contributed by atoms with E-state index in [0.29, 0.717) is 10.8 Å². The molecule has 23 heavy (non-hydrogen) atoms. The molecule has 4 nitrogen and oxygen atoms in total. The molecule has 3 heterocycles. The number of thioether (sulfide) groups is 1. The maximum atomic E-state index is 5.90. The van der Waals surface area contributed by atoms with Crippen molar-refractivity contribution < 1.29 is 4.52 Å². The molecule has 0 aliphatic carbocycles. The zero-order valence-electron chi connectivity index (χ0n) is 11.8. The second-order valence-corrected chi connectivity index (χ2v) is 7.10. The number of halogens is 1. The second-order valence-electron chi connectivity index (χ2n) is 4.79. The third-order valence-electron chi connectivity index (χ3n) is 3.26. The van der Waals surface area contributed by atoms with Crippen LogP contribution in [0.15, 0.2) is 57.7 Å². The number of hydrogen-bond donors (Lipinski definition) is 0. The molecule has 114 valence electrons. The average molecular weight is 360 g/mol. The Balaban J connectivity index is 1.52. The third kappa shape index (κ3) is 3.10. The molecule has 0 bridgehead atoms. The summed E-state index contributed by atoms with van der Waals surface area (Å²) < 4.78 is 6.53. The molecule has 0 amide bonds. The zero-order valence-corrected chi connectivity index (χ0v) is 14.2. The second kappa shape index (κ2) is 6.31. The molecule has 0 aliphatic rings. The molecule has 0 atom stereocenters. The summed E-state index contributed by atoms with van der Waals surface area (Å²) in [4.78, 5) is 8.60. The van der Waals surface area contributed by atoms with Gasteiger partial charge in [0.1, 0.15) is 22.8 Å². The van der Waals surface area contributed by atoms with Crippen molar-refractivity contribution in [2.24, 2.45) is 0 Å². The van der Waals surface area contributed by atoms with Crippen LogP contribution in [0.3, 0.4) is 0 Å². The zero-order chi connectivity index (χ0) is 15.6. The SMILES string of the molecule is Clc1ccc(-c2cc(CSc3ncnc4ccsc34)on2)cc1. The molecule has 0 fully saturated rings. The highest BCUT2D eigenvalue weighted by atomic mass is 35.5. The average Bonchev–Trinajstić information content (AvgIpc) is 3.23. The first-order valence-electron chi connectivity index (χ1n) is 6.82. The fraction of sp³-hybridized carbons (Fsp3) is 0.0625. The highest BCUT2D eigenvalue weighted by Crippen LogP contribution is 2.31. The smallest absolute Gasteiger partial charge is 0.147 e. The fourth-order valence-electron chi connectivity index (χ4n) is 2.15. The maximum absolute atomic E-state index is 5.90. The van der Waals surface area contributed by atoms with Gasteiger partial charge in [0.15, 0.2) is 0 Å². The standard InChI is InChI=1S/C16H10ClN3OS2/c17-11-3-1-10(2-4-11)14-7-12(21-20-14)8-23-16-15-13(5-6-22-15)18-9-19-16/h1-7,9H,8H2. The van der Waals surface area contributed by atoms with E-state index in [9.17, 15) is 0 Å². The first-order valence-corrected chi connectivity index (χ1v) is 9.06. The molecule has 0 unspecified atom stereocenters. The van der Waals surface area contributed by atoms with Gasteiger partial charge in [-0.15, -0.1) is 11.3 Å². The Kier molecular flexibility index (Phi) is 4.03. The Morgan fingerprint density at radius 1 is 1.13 bits per heavy atom. The molecule has 3 aromatic heterocycles. The minimum absolute atomic E-state index is 0.671. The largest absolute Gasteiger partial charge is 0.360 e. The van der Waals surface area contributed by atoms with Crippen LogP contribution in [0.25, 0.3) is 21.5 Å². The van der Waals surface area contributed by atoms with Gasteiger partial charge in [-0.3, -0.25) is 0 Å². The van der Waals surface area contributed by atoms with Crippen LogP contribution in [0.4, 0.5) is 0 Å². The van der Waals surface area contributed by atoms with Crippen LogP contribution in [0.2, 0.25) is 5.02 Å². The molecule has 0 saturated carbocycles. The van der Waals surface area contributed by atoms with E-state index >= 15 is 0 Å². The van der Waals surface area contributed by atoms with Crippen molar-refractivity contribution >= 4 is 44.9 Å². The van der Waals surface area contributed by atoms with Crippen molar-refractivity contribution in [3.05, 3.63) is 58.9 Å². The number of aromatic nitrogens is 3. The fourth-order valence-corrected chi connectivity index (χ4v) is 4.09. The summed E-state index contributed by atoms with van der Waals surface area (Å²) in [5.41, 5.74) is 2.77. The Labute approximate surface area is 145 Å². The molecular formula is C16H10ClN3OS2. The van der Waals surface area contributed by atoms with E-state index in [4.69, 9.17) is 16.1 Å². The van der Waals surface area contributed by atoms with Crippen molar-refractivity contribution in [1.82, 2.24) is 15.1 Å². The molecule has 4 aromatic rings. The van der Waals surface area contributed by atoms with Crippen LogP contribution in [0, 0.1) is 0 Å². The predicted octanol–water partition coefficient (Wildman–Crippen LogP) is 5.29. The minimum atomic E-state index is 0.671. The van der Waals surface area contributed by atoms with E-state index in [2.05, 4.69) is 15.1 Å². The van der Waals surface area contributed by atoms with Gasteiger partial charge in [0.05, 0.1) is 16.0 Å². The summed E-state index contributed by atoms with van der Waals surface area (Å²) in [6.45, 7) is 0. The molecule has 0 N–H and O–H groups in total. The van der Waals surface area contributed by atoms with Crippen LogP contribution in [0.5, 0.6) is 0 Å². The lowest BCUT2D eigenvalue weighted by Crippen LogP contribution is -1.83. The van der Waals surface area contributed by atoms with Gasteiger partial charge in [0, 0.05) is 16.7 Å². The molecule has 0 aliphatic heterocycles. The van der Waals surface area contributed by atoms with Crippen molar-refractivity contribution in [2.45, 2.75) is 10.8 Å². The highest BCUT2D eigenvalue weighted by Gasteiger charge is 2.10. The summed E-state index contributed by atoms with van der Waals surface area (Å²) in [6.07, 6.45) is 1.59. The van der Waals surface area contributed by atoms with E-state index < -0.39 is 0 Å². The molecule has 7 heteroatoms. The van der Waals surface area contributed by atoms with Crippen LogP contribution in [0.1, 0.15) is 5.76 Å². The molecule has 0 radical (unpaired) electrons. The summed E-state index contributed by atoms with van der Waals surface area (Å²) >= 11 is 9.17. The number of benzene rings is 1. The van der Waals surface area contributed by atoms with Gasteiger partial charge in [-0.05, 0) is 23.6 Å². The lowest BCUT2D eigenvalue weighted by atomic mass is 10.1. The third-order valence-corrected chi connectivity index (χ3v) is 5.56. The number of fused-ring (bicyclic) bond motifs is 1. The van der Waals surface area contributed by atoms with Gasteiger partial charge in [-0.2, -0.15) is 0 Å². The first kappa shape index (κ1) is 14.7. The van der Waals surface area contributed by atoms with E-state index in [1.165, 1.54) is 0 Å². The van der Waals surface area contributed by atoms with Crippen LogP contribution >= 0.6 is 34.7 Å². The monoisotopic (exact) mass is 359 g/mol. The lowest BCUT2D eigenvalue weighted by Gasteiger charge is -1.98. The van der Waals surface area contributed by atoms with E-state index in [1.54, 1.807) is 29.4 Å². The van der Waals surface area contributed by atoms with Crippen molar-refractivity contribution in [1.29, 1.82) is 0 Å². The summed E-state index contributed by atoms with van der Waals surface area (Å²) in [6, 6.07) is 11.5. The van der Waals surface area contributed by atoms with E-state index in [-0.39, 0.29) is 0 Å². The van der Waals surface area contributed by atoms with Gasteiger partial charge >= 0.3 is 0 Å². The normalized spacial score (nSPS) is 11.2. The van der Waals surface area contributed by atoms with E-state index in [0.717, 1.165) is 32.3 Å². The Hall–Kier alpha value is -1.89. The van der Waals surface area contributed by atoms with Gasteiger partial charge < -0.3 is 4.52 Å². The van der Waals surface area contributed by atoms with Gasteiger partial charge in [-0.25, -0.2) is 9.97 Å². The molecule has 1 aromatic carbocycles. The van der Waals surface area contributed by atoms with E-state index in [1.807, 2.05) is 41.8 Å². The lowest BCUT2D eigenvalue weighted by molar-refractivity contribution is 0.397. The van der Waals surface area contributed by atoms with Crippen LogP contribution in [-0.2, 0) is 5.75 Å². The van der Waals surface area contributed by atoms with Gasteiger partial charge in [0.2, 0.25) is 0 Å². The van der Waals surface area contributed by atoms with Gasteiger partial charge in [-0.1, -0.05) is 40.7 Å². The molecule has 4 rings (SSSR count). The quantitative estimate of drug-likeness (QED) is 0.366. The topological polar surface area (TPSA) is 51.8 Å². The maximum Gasteiger partial charge on any atom is 0.147 e. The summed E-state index contributed by atoms with van der Waals surface area (Å²) in [7, 11) is 0. The number of rotatable bonds is 4. The van der Waals surface area contributed by atoms with Crippen molar-refractivity contribution in [3.8, 4) is 11.3 Å². The molecular weight excluding hydrogens is 350 g/mol. The number of nitrogens with zero attached hydrogens (tertiary/aromatic N) is 3.